The van der Waals surface area contributed by atoms with Crippen LogP contribution in [0.2, 0.25) is 0 Å². The molecule has 0 radical (unpaired) electrons. The molecule has 1 rings (SSSR count). The van der Waals surface area contributed by atoms with Gasteiger partial charge in [-0.15, -0.1) is 0 Å². The lowest BCUT2D eigenvalue weighted by atomic mass is 10.2. The van der Waals surface area contributed by atoms with E-state index < -0.39 is 10.0 Å². The molecule has 6 nitrogen and oxygen atoms in total. The summed E-state index contributed by atoms with van der Waals surface area (Å²) in [6.07, 6.45) is 0. The zero-order valence-electron chi connectivity index (χ0n) is 13.2. The van der Waals surface area contributed by atoms with E-state index in [1.165, 1.54) is 8.99 Å². The topological polar surface area (TPSA) is 81.2 Å². The van der Waals surface area contributed by atoms with Crippen LogP contribution in [0.1, 0.15) is 33.4 Å². The minimum absolute atomic E-state index is 0.0718. The van der Waals surface area contributed by atoms with Crippen LogP contribution in [0, 0.1) is 18.8 Å². The maximum Gasteiger partial charge on any atom is 0.248 e. The summed E-state index contributed by atoms with van der Waals surface area (Å²) in [6, 6.07) is 0. The van der Waals surface area contributed by atoms with Gasteiger partial charge in [0.1, 0.15) is 4.90 Å². The van der Waals surface area contributed by atoms with Gasteiger partial charge in [-0.05, 0) is 18.8 Å². The molecule has 7 heteroatoms. The monoisotopic (exact) mass is 302 g/mol. The molecule has 20 heavy (non-hydrogen) atoms. The molecule has 0 saturated heterocycles. The molecule has 0 spiro atoms. The van der Waals surface area contributed by atoms with Crippen LogP contribution < -0.4 is 5.73 Å². The van der Waals surface area contributed by atoms with Gasteiger partial charge in [-0.3, -0.25) is 4.68 Å². The highest BCUT2D eigenvalue weighted by molar-refractivity contribution is 7.89. The molecule has 0 fully saturated rings. The van der Waals surface area contributed by atoms with Crippen LogP contribution >= 0.6 is 0 Å². The van der Waals surface area contributed by atoms with Crippen molar-refractivity contribution in [1.29, 1.82) is 0 Å². The molecule has 0 aliphatic rings. The molecule has 0 saturated carbocycles. The van der Waals surface area contributed by atoms with Crippen LogP contribution in [0.3, 0.4) is 0 Å². The summed E-state index contributed by atoms with van der Waals surface area (Å²) in [5.41, 5.74) is 6.36. The van der Waals surface area contributed by atoms with Crippen molar-refractivity contribution in [2.24, 2.45) is 18.9 Å². The van der Waals surface area contributed by atoms with Gasteiger partial charge in [0.2, 0.25) is 10.0 Å². The van der Waals surface area contributed by atoms with E-state index in [1.807, 2.05) is 27.7 Å². The van der Waals surface area contributed by atoms with Gasteiger partial charge in [0, 0.05) is 20.1 Å². The Morgan fingerprint density at radius 2 is 1.65 bits per heavy atom. The summed E-state index contributed by atoms with van der Waals surface area (Å²) >= 11 is 0. The predicted molar refractivity (Wildman–Crippen MR) is 80.8 cm³/mol. The van der Waals surface area contributed by atoms with Crippen molar-refractivity contribution in [2.75, 3.05) is 18.8 Å². The minimum atomic E-state index is -3.61. The number of nitrogen functional groups attached to an aromatic ring is 1. The number of nitrogens with zero attached hydrogens (tertiary/aromatic N) is 3. The Labute approximate surface area is 122 Å². The normalized spacial score (nSPS) is 12.8. The van der Waals surface area contributed by atoms with E-state index in [0.717, 1.165) is 0 Å². The van der Waals surface area contributed by atoms with Crippen LogP contribution in [-0.2, 0) is 17.1 Å². The molecule has 1 aromatic heterocycles. The van der Waals surface area contributed by atoms with Crippen LogP contribution in [0.5, 0.6) is 0 Å². The first-order valence-corrected chi connectivity index (χ1v) is 8.30. The number of sulfonamides is 1. The number of nitrogens with two attached hydrogens (primary N) is 1. The van der Waals surface area contributed by atoms with Gasteiger partial charge in [-0.25, -0.2) is 8.42 Å². The van der Waals surface area contributed by atoms with Crippen molar-refractivity contribution >= 4 is 15.8 Å². The summed E-state index contributed by atoms with van der Waals surface area (Å²) in [4.78, 5) is 0.140. The Balaban J connectivity index is 3.28. The molecular formula is C13H26N4O2S. The number of rotatable bonds is 6. The zero-order valence-corrected chi connectivity index (χ0v) is 14.0. The molecule has 0 aliphatic carbocycles. The Bertz CT molecular complexity index is 551. The lowest BCUT2D eigenvalue weighted by Crippen LogP contribution is -2.37. The summed E-state index contributed by atoms with van der Waals surface area (Å²) in [5, 5.41) is 4.01. The molecule has 0 aliphatic heterocycles. The maximum atomic E-state index is 12.9. The average molecular weight is 302 g/mol. The molecular weight excluding hydrogens is 276 g/mol. The van der Waals surface area contributed by atoms with Gasteiger partial charge in [0.15, 0.2) is 5.82 Å². The summed E-state index contributed by atoms with van der Waals surface area (Å²) in [6.45, 7) is 10.7. The molecule has 0 unspecified atom stereocenters. The number of hydrogen-bond donors (Lipinski definition) is 1. The number of aromatic nitrogens is 2. The number of anilines is 1. The predicted octanol–water partition coefficient (Wildman–Crippen LogP) is 1.61. The van der Waals surface area contributed by atoms with Gasteiger partial charge < -0.3 is 5.73 Å². The highest BCUT2D eigenvalue weighted by Gasteiger charge is 2.31. The highest BCUT2D eigenvalue weighted by atomic mass is 32.2. The molecule has 0 bridgehead atoms. The molecule has 2 N–H and O–H groups in total. The van der Waals surface area contributed by atoms with E-state index in [1.54, 1.807) is 14.0 Å². The van der Waals surface area contributed by atoms with Crippen molar-refractivity contribution in [3.05, 3.63) is 5.69 Å². The van der Waals surface area contributed by atoms with Crippen LogP contribution in [0.4, 0.5) is 5.82 Å². The first kappa shape index (κ1) is 17.0. The van der Waals surface area contributed by atoms with Crippen LogP contribution in [0.25, 0.3) is 0 Å². The van der Waals surface area contributed by atoms with Crippen LogP contribution in [0.15, 0.2) is 4.90 Å². The smallest absolute Gasteiger partial charge is 0.248 e. The van der Waals surface area contributed by atoms with Gasteiger partial charge >= 0.3 is 0 Å². The van der Waals surface area contributed by atoms with Gasteiger partial charge in [0.05, 0.1) is 5.69 Å². The summed E-state index contributed by atoms with van der Waals surface area (Å²) < 4.78 is 28.7. The minimum Gasteiger partial charge on any atom is -0.381 e. The van der Waals surface area contributed by atoms with Crippen molar-refractivity contribution in [3.63, 3.8) is 0 Å². The third-order valence-electron chi connectivity index (χ3n) is 3.04. The van der Waals surface area contributed by atoms with Gasteiger partial charge in [-0.2, -0.15) is 9.40 Å². The SMILES string of the molecule is Cc1c(S(=O)(=O)N(CC(C)C)CC(C)C)c(N)nn1C. The number of hydrogen-bond acceptors (Lipinski definition) is 4. The van der Waals surface area contributed by atoms with Crippen molar-refractivity contribution in [3.8, 4) is 0 Å². The second-order valence-electron chi connectivity index (χ2n) is 6.03. The fraction of sp³-hybridized carbons (Fsp3) is 0.769. The zero-order chi connectivity index (χ0) is 15.7. The quantitative estimate of drug-likeness (QED) is 0.865. The largest absolute Gasteiger partial charge is 0.381 e. The van der Waals surface area contributed by atoms with E-state index in [9.17, 15) is 8.42 Å². The van der Waals surface area contributed by atoms with E-state index in [4.69, 9.17) is 5.73 Å². The third kappa shape index (κ3) is 3.52. The van der Waals surface area contributed by atoms with Crippen molar-refractivity contribution < 1.29 is 8.42 Å². The first-order valence-electron chi connectivity index (χ1n) is 6.86. The van der Waals surface area contributed by atoms with Crippen LogP contribution in [-0.4, -0.2) is 35.6 Å². The maximum absolute atomic E-state index is 12.9. The Kier molecular flexibility index (Phi) is 5.21. The standard InChI is InChI=1S/C13H26N4O2S/c1-9(2)7-17(8-10(3)4)20(18,19)12-11(5)16(6)15-13(12)14/h9-10H,7-8H2,1-6H3,(H2,14,15). The van der Waals surface area contributed by atoms with Gasteiger partial charge in [-0.1, -0.05) is 27.7 Å². The molecule has 0 amide bonds. The summed E-state index contributed by atoms with van der Waals surface area (Å²) in [5.74, 6) is 0.575. The lowest BCUT2D eigenvalue weighted by Gasteiger charge is -2.25. The highest BCUT2D eigenvalue weighted by Crippen LogP contribution is 2.26. The fourth-order valence-corrected chi connectivity index (χ4v) is 4.21. The van der Waals surface area contributed by atoms with E-state index in [0.29, 0.717) is 18.8 Å². The van der Waals surface area contributed by atoms with Crippen molar-refractivity contribution in [2.45, 2.75) is 39.5 Å². The van der Waals surface area contributed by atoms with Gasteiger partial charge in [0.25, 0.3) is 0 Å². The third-order valence-corrected chi connectivity index (χ3v) is 5.04. The fourth-order valence-electron chi connectivity index (χ4n) is 2.15. The Morgan fingerprint density at radius 1 is 1.20 bits per heavy atom. The second-order valence-corrected chi connectivity index (χ2v) is 7.91. The molecule has 116 valence electrons. The lowest BCUT2D eigenvalue weighted by molar-refractivity contribution is 0.333. The second kappa shape index (κ2) is 6.13. The molecule has 1 aromatic rings. The summed E-state index contributed by atoms with van der Waals surface area (Å²) in [7, 11) is -1.91. The van der Waals surface area contributed by atoms with E-state index >= 15 is 0 Å². The van der Waals surface area contributed by atoms with Crippen molar-refractivity contribution in [1.82, 2.24) is 14.1 Å². The number of aryl methyl sites for hydroxylation is 1. The molecule has 0 atom stereocenters. The average Bonchev–Trinajstić information content (AvgIpc) is 2.50. The van der Waals surface area contributed by atoms with E-state index in [-0.39, 0.29) is 22.5 Å². The first-order chi connectivity index (χ1) is 9.07. The van der Waals surface area contributed by atoms with E-state index in [2.05, 4.69) is 5.10 Å². The molecule has 0 aromatic carbocycles. The Hall–Kier alpha value is -1.08. The Morgan fingerprint density at radius 3 is 1.95 bits per heavy atom. The molecule has 1 heterocycles.